The van der Waals surface area contributed by atoms with E-state index < -0.39 is 0 Å². The van der Waals surface area contributed by atoms with Crippen molar-refractivity contribution in [1.29, 1.82) is 0 Å². The molecule has 0 aromatic heterocycles. The molecule has 94 valence electrons. The second-order valence-corrected chi connectivity index (χ2v) is 5.11. The zero-order chi connectivity index (χ0) is 13.1. The van der Waals surface area contributed by atoms with Gasteiger partial charge in [0.05, 0.1) is 6.54 Å². The maximum Gasteiger partial charge on any atom is 0.239 e. The summed E-state index contributed by atoms with van der Waals surface area (Å²) < 4.78 is 12.9. The average Bonchev–Trinajstić information content (AvgIpc) is 2.13. The summed E-state index contributed by atoms with van der Waals surface area (Å²) >= 11 is 0. The van der Waals surface area contributed by atoms with Crippen molar-refractivity contribution in [3.8, 4) is 0 Å². The quantitative estimate of drug-likeness (QED) is 0.849. The summed E-state index contributed by atoms with van der Waals surface area (Å²) in [5.41, 5.74) is 1.32. The molecule has 0 spiro atoms. The van der Waals surface area contributed by atoms with Gasteiger partial charge < -0.3 is 10.6 Å². The molecule has 17 heavy (non-hydrogen) atoms. The summed E-state index contributed by atoms with van der Waals surface area (Å²) in [6.45, 7) is 7.76. The van der Waals surface area contributed by atoms with Gasteiger partial charge in [0.1, 0.15) is 5.82 Å². The van der Waals surface area contributed by atoms with E-state index in [2.05, 4.69) is 10.6 Å². The van der Waals surface area contributed by atoms with Crippen LogP contribution < -0.4 is 10.6 Å². The molecule has 0 saturated heterocycles. The van der Waals surface area contributed by atoms with Gasteiger partial charge in [0.15, 0.2) is 0 Å². The molecule has 0 bridgehead atoms. The molecule has 1 amide bonds. The Morgan fingerprint density at radius 1 is 1.35 bits per heavy atom. The number of nitrogens with one attached hydrogen (secondary N) is 2. The van der Waals surface area contributed by atoms with Crippen molar-refractivity contribution in [3.63, 3.8) is 0 Å². The van der Waals surface area contributed by atoms with E-state index in [4.69, 9.17) is 0 Å². The Morgan fingerprint density at radius 2 is 2.00 bits per heavy atom. The van der Waals surface area contributed by atoms with Crippen molar-refractivity contribution in [2.45, 2.75) is 33.2 Å². The van der Waals surface area contributed by atoms with E-state index in [1.165, 1.54) is 12.1 Å². The van der Waals surface area contributed by atoms with Gasteiger partial charge in [0, 0.05) is 11.2 Å². The van der Waals surface area contributed by atoms with Crippen LogP contribution in [0.4, 0.5) is 10.1 Å². The minimum Gasteiger partial charge on any atom is -0.376 e. The number of hydrogen-bond donors (Lipinski definition) is 2. The van der Waals surface area contributed by atoms with E-state index in [1.807, 2.05) is 20.8 Å². The lowest BCUT2D eigenvalue weighted by Crippen LogP contribution is -2.43. The predicted octanol–water partition coefficient (Wildman–Crippen LogP) is 2.46. The molecule has 0 saturated carbocycles. The normalized spacial score (nSPS) is 11.1. The minimum absolute atomic E-state index is 0.0822. The van der Waals surface area contributed by atoms with Gasteiger partial charge in [-0.15, -0.1) is 0 Å². The Morgan fingerprint density at radius 3 is 2.53 bits per heavy atom. The van der Waals surface area contributed by atoms with Crippen LogP contribution in [0.5, 0.6) is 0 Å². The van der Waals surface area contributed by atoms with E-state index in [-0.39, 0.29) is 23.8 Å². The van der Waals surface area contributed by atoms with E-state index in [1.54, 1.807) is 13.0 Å². The van der Waals surface area contributed by atoms with Crippen LogP contribution in [0.3, 0.4) is 0 Å². The van der Waals surface area contributed by atoms with Crippen LogP contribution in [0.1, 0.15) is 26.3 Å². The van der Waals surface area contributed by atoms with Crippen LogP contribution in [0.2, 0.25) is 0 Å². The number of hydrogen-bond acceptors (Lipinski definition) is 2. The highest BCUT2D eigenvalue weighted by Gasteiger charge is 2.13. The van der Waals surface area contributed by atoms with Crippen molar-refractivity contribution in [3.05, 3.63) is 29.6 Å². The second-order valence-electron chi connectivity index (χ2n) is 5.11. The zero-order valence-electron chi connectivity index (χ0n) is 10.7. The molecule has 1 rings (SSSR count). The number of anilines is 1. The highest BCUT2D eigenvalue weighted by Crippen LogP contribution is 2.15. The van der Waals surface area contributed by atoms with Gasteiger partial charge >= 0.3 is 0 Å². The fourth-order valence-electron chi connectivity index (χ4n) is 1.46. The first-order valence-electron chi connectivity index (χ1n) is 5.59. The predicted molar refractivity (Wildman–Crippen MR) is 67.5 cm³/mol. The number of rotatable bonds is 3. The summed E-state index contributed by atoms with van der Waals surface area (Å²) in [5, 5.41) is 5.83. The largest absolute Gasteiger partial charge is 0.376 e. The molecular formula is C13H19FN2O. The van der Waals surface area contributed by atoms with Crippen molar-refractivity contribution in [1.82, 2.24) is 5.32 Å². The highest BCUT2D eigenvalue weighted by atomic mass is 19.1. The molecule has 2 N–H and O–H groups in total. The van der Waals surface area contributed by atoms with Crippen LogP contribution in [0.25, 0.3) is 0 Å². The van der Waals surface area contributed by atoms with Gasteiger partial charge in [0.25, 0.3) is 0 Å². The molecule has 0 atom stereocenters. The standard InChI is InChI=1S/C13H19FN2O/c1-9-7-10(14)5-6-11(9)15-8-12(17)16-13(2,3)4/h5-7,15H,8H2,1-4H3,(H,16,17). The van der Waals surface area contributed by atoms with E-state index >= 15 is 0 Å². The van der Waals surface area contributed by atoms with Gasteiger partial charge in [-0.1, -0.05) is 0 Å². The van der Waals surface area contributed by atoms with Crippen molar-refractivity contribution < 1.29 is 9.18 Å². The van der Waals surface area contributed by atoms with Crippen LogP contribution in [0.15, 0.2) is 18.2 Å². The number of benzene rings is 1. The van der Waals surface area contributed by atoms with Crippen LogP contribution >= 0.6 is 0 Å². The Bertz CT molecular complexity index is 410. The SMILES string of the molecule is Cc1cc(F)ccc1NCC(=O)NC(C)(C)C. The lowest BCUT2D eigenvalue weighted by Gasteiger charge is -2.21. The Labute approximate surface area is 101 Å². The molecule has 0 radical (unpaired) electrons. The Balaban J connectivity index is 2.53. The lowest BCUT2D eigenvalue weighted by molar-refractivity contribution is -0.120. The van der Waals surface area contributed by atoms with E-state index in [0.717, 1.165) is 11.3 Å². The van der Waals surface area contributed by atoms with Gasteiger partial charge in [-0.2, -0.15) is 0 Å². The third-order valence-electron chi connectivity index (χ3n) is 2.14. The average molecular weight is 238 g/mol. The maximum absolute atomic E-state index is 12.9. The van der Waals surface area contributed by atoms with E-state index in [9.17, 15) is 9.18 Å². The monoisotopic (exact) mass is 238 g/mol. The first-order valence-corrected chi connectivity index (χ1v) is 5.59. The van der Waals surface area contributed by atoms with Crippen molar-refractivity contribution in [2.75, 3.05) is 11.9 Å². The summed E-state index contributed by atoms with van der Waals surface area (Å²) in [6.07, 6.45) is 0. The van der Waals surface area contributed by atoms with E-state index in [0.29, 0.717) is 0 Å². The lowest BCUT2D eigenvalue weighted by atomic mass is 10.1. The van der Waals surface area contributed by atoms with Crippen LogP contribution in [0, 0.1) is 12.7 Å². The molecule has 0 aliphatic carbocycles. The fourth-order valence-corrected chi connectivity index (χ4v) is 1.46. The van der Waals surface area contributed by atoms with Gasteiger partial charge in [-0.05, 0) is 51.5 Å². The molecular weight excluding hydrogens is 219 g/mol. The molecule has 0 aliphatic rings. The molecule has 0 heterocycles. The van der Waals surface area contributed by atoms with Crippen LogP contribution in [-0.2, 0) is 4.79 Å². The molecule has 0 aliphatic heterocycles. The zero-order valence-corrected chi connectivity index (χ0v) is 10.7. The first-order chi connectivity index (χ1) is 7.78. The summed E-state index contributed by atoms with van der Waals surface area (Å²) in [7, 11) is 0. The topological polar surface area (TPSA) is 41.1 Å². The van der Waals surface area contributed by atoms with Gasteiger partial charge in [-0.25, -0.2) is 4.39 Å². The number of aryl methyl sites for hydroxylation is 1. The Kier molecular flexibility index (Phi) is 4.10. The Hall–Kier alpha value is -1.58. The number of halogens is 1. The van der Waals surface area contributed by atoms with Gasteiger partial charge in [0.2, 0.25) is 5.91 Å². The molecule has 0 unspecified atom stereocenters. The molecule has 4 heteroatoms. The third-order valence-corrected chi connectivity index (χ3v) is 2.14. The summed E-state index contributed by atoms with van der Waals surface area (Å²) in [5.74, 6) is -0.353. The molecule has 1 aromatic rings. The number of carbonyl (C=O) groups is 1. The van der Waals surface area contributed by atoms with Crippen LogP contribution in [-0.4, -0.2) is 18.0 Å². The minimum atomic E-state index is -0.271. The smallest absolute Gasteiger partial charge is 0.239 e. The molecule has 0 fully saturated rings. The fraction of sp³-hybridized carbons (Fsp3) is 0.462. The number of amides is 1. The molecule has 3 nitrogen and oxygen atoms in total. The third kappa shape index (κ3) is 4.85. The highest BCUT2D eigenvalue weighted by molar-refractivity contribution is 5.81. The molecule has 1 aromatic carbocycles. The number of carbonyl (C=O) groups excluding carboxylic acids is 1. The first kappa shape index (κ1) is 13.5. The van der Waals surface area contributed by atoms with Crippen molar-refractivity contribution in [2.24, 2.45) is 0 Å². The summed E-state index contributed by atoms with van der Waals surface area (Å²) in [4.78, 5) is 11.6. The maximum atomic E-state index is 12.9. The second kappa shape index (κ2) is 5.17. The summed E-state index contributed by atoms with van der Waals surface area (Å²) in [6, 6.07) is 4.44. The van der Waals surface area contributed by atoms with Crippen molar-refractivity contribution >= 4 is 11.6 Å². The van der Waals surface area contributed by atoms with Gasteiger partial charge in [-0.3, -0.25) is 4.79 Å².